The summed E-state index contributed by atoms with van der Waals surface area (Å²) in [6, 6.07) is 10.9. The fraction of sp³-hybridized carbons (Fsp3) is 0.371. The van der Waals surface area contributed by atoms with Crippen molar-refractivity contribution in [3.05, 3.63) is 112 Å². The molecule has 0 bridgehead atoms. The topological polar surface area (TPSA) is 6.48 Å². The Balaban J connectivity index is 2.33. The number of hydrogen-bond acceptors (Lipinski definition) is 2. The lowest BCUT2D eigenvalue weighted by molar-refractivity contribution is 0.382. The highest BCUT2D eigenvalue weighted by Crippen LogP contribution is 2.48. The van der Waals surface area contributed by atoms with Crippen molar-refractivity contribution < 1.29 is 26.1 Å². The zero-order valence-corrected chi connectivity index (χ0v) is 27.7. The predicted molar refractivity (Wildman–Crippen MR) is 170 cm³/mol. The second kappa shape index (κ2) is 12.1. The largest absolute Gasteiger partial charge is 0.509 e. The van der Waals surface area contributed by atoms with Crippen LogP contribution in [-0.2, 0) is 0 Å². The van der Waals surface area contributed by atoms with Crippen LogP contribution < -0.4 is 14.3 Å². The van der Waals surface area contributed by atoms with Crippen molar-refractivity contribution in [1.29, 1.82) is 0 Å². The zero-order valence-electron chi connectivity index (χ0n) is 26.7. The van der Waals surface area contributed by atoms with Crippen molar-refractivity contribution in [2.75, 3.05) is 9.13 Å². The number of anilines is 2. The molecule has 0 spiro atoms. The van der Waals surface area contributed by atoms with Crippen LogP contribution in [0.3, 0.4) is 0 Å². The maximum absolute atomic E-state index is 19.2. The summed E-state index contributed by atoms with van der Waals surface area (Å²) in [6.45, 7) is 20.9. The zero-order chi connectivity index (χ0) is 33.0. The van der Waals surface area contributed by atoms with E-state index in [1.165, 1.54) is 4.57 Å². The van der Waals surface area contributed by atoms with Gasteiger partial charge in [0, 0.05) is 22.8 Å². The van der Waals surface area contributed by atoms with E-state index in [-0.39, 0.29) is 35.1 Å². The van der Waals surface area contributed by atoms with Crippen LogP contribution in [0.1, 0.15) is 108 Å². The first-order valence-electron chi connectivity index (χ1n) is 14.9. The summed E-state index contributed by atoms with van der Waals surface area (Å²) < 4.78 is 98.3. The number of benzene rings is 3. The fourth-order valence-electron chi connectivity index (χ4n) is 6.16. The fourth-order valence-corrected chi connectivity index (χ4v) is 9.67. The summed E-state index contributed by atoms with van der Waals surface area (Å²) in [6.07, 6.45) is 1.61. The molecule has 0 radical (unpaired) electrons. The lowest BCUT2D eigenvalue weighted by Crippen LogP contribution is -2.74. The molecule has 1 aliphatic rings. The lowest BCUT2D eigenvalue weighted by atomic mass is 9.92. The molecule has 0 aliphatic carbocycles. The van der Waals surface area contributed by atoms with Crippen LogP contribution in [0.5, 0.6) is 0 Å². The normalized spacial score (nSPS) is 17.5. The van der Waals surface area contributed by atoms with E-state index < -0.39 is 43.0 Å². The van der Waals surface area contributed by atoms with Crippen LogP contribution in [0, 0.1) is 29.1 Å². The maximum atomic E-state index is 19.2. The number of para-hydroxylation sites is 2. The Morgan fingerprint density at radius 1 is 0.568 bits per heavy atom. The van der Waals surface area contributed by atoms with Gasteiger partial charge in [-0.05, 0) is 58.9 Å². The Morgan fingerprint density at radius 3 is 1.23 bits per heavy atom. The van der Waals surface area contributed by atoms with Gasteiger partial charge in [-0.1, -0.05) is 98.4 Å². The second-order valence-corrected chi connectivity index (χ2v) is 15.2. The minimum Gasteiger partial charge on any atom is -0.325 e. The molecule has 1 unspecified atom stereocenters. The summed E-state index contributed by atoms with van der Waals surface area (Å²) in [5.41, 5.74) is 3.65. The molecule has 1 atom stereocenters. The molecule has 236 valence electrons. The Bertz CT molecular complexity index is 1560. The molecule has 0 N–H and O–H groups in total. The van der Waals surface area contributed by atoms with Crippen molar-refractivity contribution in [3.63, 3.8) is 0 Å². The number of hydrogen-bond donors (Lipinski definition) is 0. The van der Waals surface area contributed by atoms with Gasteiger partial charge in [0.2, 0.25) is 5.82 Å². The lowest BCUT2D eigenvalue weighted by Gasteiger charge is -2.51. The van der Waals surface area contributed by atoms with E-state index in [0.717, 1.165) is 4.57 Å². The standard InChI is InChI=1S/C35H40F6N2Si/c1-18(2)24-13-11-14-25(19(3)4)33(24)42-22(9)17-23(10)43(34-26(20(5)6)15-12-16-27(34)21(7)8)44(42,41)35-31(39)29(37)28(36)30(38)32(35)40/h11-21H,9H2,1-8,10H3. The molecule has 0 saturated carbocycles. The quantitative estimate of drug-likeness (QED) is 0.0843. The molecule has 0 amide bonds. The number of allylic oxidation sites excluding steroid dienone is 2. The SMILES string of the molecule is C=C1C=C(C)N(c2c(C(C)C)cccc2C(C)C)[Si](F)(c2c(F)c(F)c(F)c(F)c2F)N1c1c(C(C)C)cccc1C(C)C. The van der Waals surface area contributed by atoms with E-state index in [9.17, 15) is 4.39 Å². The smallest absolute Gasteiger partial charge is 0.325 e. The molecular weight excluding hydrogens is 590 g/mol. The van der Waals surface area contributed by atoms with E-state index in [2.05, 4.69) is 6.58 Å². The van der Waals surface area contributed by atoms with E-state index in [1.54, 1.807) is 25.1 Å². The molecule has 4 rings (SSSR count). The van der Waals surface area contributed by atoms with Gasteiger partial charge in [0.25, 0.3) is 0 Å². The molecule has 3 aromatic rings. The van der Waals surface area contributed by atoms with Gasteiger partial charge in [0.1, 0.15) is 0 Å². The first kappa shape index (κ1) is 33.4. The average Bonchev–Trinajstić information content (AvgIpc) is 2.94. The molecule has 44 heavy (non-hydrogen) atoms. The molecule has 3 aromatic carbocycles. The average molecular weight is 631 g/mol. The third-order valence-corrected chi connectivity index (χ3v) is 11.6. The van der Waals surface area contributed by atoms with Gasteiger partial charge in [0.05, 0.1) is 5.19 Å². The minimum atomic E-state index is -5.76. The first-order valence-corrected chi connectivity index (χ1v) is 16.7. The van der Waals surface area contributed by atoms with Gasteiger partial charge in [-0.2, -0.15) is 0 Å². The van der Waals surface area contributed by atoms with Gasteiger partial charge in [-0.15, -0.1) is 0 Å². The molecule has 9 heteroatoms. The van der Waals surface area contributed by atoms with Crippen molar-refractivity contribution in [2.45, 2.75) is 86.0 Å². The monoisotopic (exact) mass is 630 g/mol. The van der Waals surface area contributed by atoms with Crippen molar-refractivity contribution in [2.24, 2.45) is 0 Å². The number of rotatable bonds is 7. The highest BCUT2D eigenvalue weighted by Gasteiger charge is 2.61. The summed E-state index contributed by atoms with van der Waals surface area (Å²) in [4.78, 5) is 0. The van der Waals surface area contributed by atoms with Gasteiger partial charge in [-0.3, -0.25) is 4.11 Å². The summed E-state index contributed by atoms with van der Waals surface area (Å²) in [7, 11) is -5.76. The number of halogens is 6. The molecule has 2 nitrogen and oxygen atoms in total. The third kappa shape index (κ3) is 5.16. The van der Waals surface area contributed by atoms with Crippen LogP contribution in [0.15, 0.2) is 60.4 Å². The second-order valence-electron chi connectivity index (χ2n) is 12.7. The number of nitrogens with zero attached hydrogens (tertiary/aromatic N) is 2. The van der Waals surface area contributed by atoms with Crippen LogP contribution in [0.25, 0.3) is 0 Å². The van der Waals surface area contributed by atoms with E-state index in [0.29, 0.717) is 33.6 Å². The van der Waals surface area contributed by atoms with Crippen LogP contribution in [-0.4, -0.2) is 8.73 Å². The highest BCUT2D eigenvalue weighted by atomic mass is 28.4. The molecule has 0 aromatic heterocycles. The van der Waals surface area contributed by atoms with Gasteiger partial charge in [0.15, 0.2) is 23.3 Å². The van der Waals surface area contributed by atoms with Gasteiger partial charge < -0.3 is 9.13 Å². The summed E-state index contributed by atoms with van der Waals surface area (Å²) >= 11 is 0. The first-order chi connectivity index (χ1) is 20.5. The molecule has 1 aliphatic heterocycles. The summed E-state index contributed by atoms with van der Waals surface area (Å²) in [5, 5.41) is -1.47. The van der Waals surface area contributed by atoms with E-state index in [1.807, 2.05) is 79.7 Å². The minimum absolute atomic E-state index is 0.0555. The van der Waals surface area contributed by atoms with Crippen LogP contribution in [0.2, 0.25) is 0 Å². The molecule has 0 fully saturated rings. The van der Waals surface area contributed by atoms with Gasteiger partial charge >= 0.3 is 8.73 Å². The van der Waals surface area contributed by atoms with Gasteiger partial charge in [-0.25, -0.2) is 22.0 Å². The predicted octanol–water partition coefficient (Wildman–Crippen LogP) is 10.4. The van der Waals surface area contributed by atoms with Crippen LogP contribution >= 0.6 is 0 Å². The Morgan fingerprint density at radius 2 is 0.886 bits per heavy atom. The highest BCUT2D eigenvalue weighted by molar-refractivity contribution is 6.93. The Hall–Kier alpha value is -3.46. The Labute approximate surface area is 258 Å². The van der Waals surface area contributed by atoms with E-state index in [4.69, 9.17) is 0 Å². The van der Waals surface area contributed by atoms with Crippen molar-refractivity contribution >= 4 is 25.3 Å². The summed E-state index contributed by atoms with van der Waals surface area (Å²) in [5.74, 6) is -11.8. The van der Waals surface area contributed by atoms with Crippen molar-refractivity contribution in [1.82, 2.24) is 0 Å². The molecule has 0 saturated heterocycles. The third-order valence-electron chi connectivity index (χ3n) is 8.27. The van der Waals surface area contributed by atoms with Crippen LogP contribution in [0.4, 0.5) is 37.4 Å². The Kier molecular flexibility index (Phi) is 9.23. The van der Waals surface area contributed by atoms with Crippen molar-refractivity contribution in [3.8, 4) is 0 Å². The molecular formula is C35H40F6N2Si. The maximum Gasteiger partial charge on any atom is 0.509 e. The molecule has 1 heterocycles. The van der Waals surface area contributed by atoms with E-state index >= 15 is 21.7 Å².